The van der Waals surface area contributed by atoms with Gasteiger partial charge < -0.3 is 14.4 Å². The molecular weight excluding hydrogens is 354 g/mol. The van der Waals surface area contributed by atoms with Gasteiger partial charge in [-0.2, -0.15) is 4.98 Å². The fourth-order valence-corrected chi connectivity index (χ4v) is 3.52. The fraction of sp³-hybridized carbons (Fsp3) is 0.294. The Morgan fingerprint density at radius 1 is 1.19 bits per heavy atom. The zero-order chi connectivity index (χ0) is 17.9. The third-order valence-corrected chi connectivity index (χ3v) is 5.09. The molecule has 8 nitrogen and oxygen atoms in total. The van der Waals surface area contributed by atoms with E-state index in [0.29, 0.717) is 50.1 Å². The van der Waals surface area contributed by atoms with Crippen molar-refractivity contribution < 1.29 is 9.32 Å². The Morgan fingerprint density at radius 3 is 2.77 bits per heavy atom. The molecule has 0 aromatic carbocycles. The molecule has 1 fully saturated rings. The van der Waals surface area contributed by atoms with Crippen molar-refractivity contribution in [3.63, 3.8) is 0 Å². The first-order valence-electron chi connectivity index (χ1n) is 8.26. The normalized spacial score (nSPS) is 15.3. The molecule has 134 valence electrons. The number of thiophene rings is 1. The molecule has 4 heterocycles. The van der Waals surface area contributed by atoms with Crippen LogP contribution in [-0.2, 0) is 6.54 Å². The van der Waals surface area contributed by atoms with Crippen LogP contribution in [-0.4, -0.2) is 57.0 Å². The maximum absolute atomic E-state index is 12.4. The number of hydrogen-bond donors (Lipinski definition) is 1. The lowest BCUT2D eigenvalue weighted by atomic mass is 10.2. The number of carbonyl (C=O) groups excluding carboxylic acids is 1. The molecule has 1 saturated heterocycles. The van der Waals surface area contributed by atoms with Crippen molar-refractivity contribution in [3.8, 4) is 10.7 Å². The minimum atomic E-state index is -0.271. The molecule has 0 aliphatic carbocycles. The number of aromatic amines is 1. The van der Waals surface area contributed by atoms with Gasteiger partial charge in [0.1, 0.15) is 5.69 Å². The molecule has 0 radical (unpaired) electrons. The van der Waals surface area contributed by atoms with Crippen LogP contribution in [0.15, 0.2) is 45.0 Å². The summed E-state index contributed by atoms with van der Waals surface area (Å²) in [6.45, 7) is 3.14. The van der Waals surface area contributed by atoms with E-state index in [2.05, 4.69) is 20.0 Å². The predicted molar refractivity (Wildman–Crippen MR) is 95.9 cm³/mol. The summed E-state index contributed by atoms with van der Waals surface area (Å²) >= 11 is 1.57. The Morgan fingerprint density at radius 2 is 2.04 bits per heavy atom. The van der Waals surface area contributed by atoms with Crippen LogP contribution >= 0.6 is 11.3 Å². The Hall–Kier alpha value is -2.78. The summed E-state index contributed by atoms with van der Waals surface area (Å²) in [5.41, 5.74) is 0.0517. The van der Waals surface area contributed by atoms with Gasteiger partial charge in [-0.1, -0.05) is 17.3 Å². The lowest BCUT2D eigenvalue weighted by Gasteiger charge is -2.33. The zero-order valence-corrected chi connectivity index (χ0v) is 14.7. The van der Waals surface area contributed by atoms with E-state index in [-0.39, 0.29) is 11.5 Å². The van der Waals surface area contributed by atoms with Crippen LogP contribution in [0.2, 0.25) is 0 Å². The zero-order valence-electron chi connectivity index (χ0n) is 13.9. The highest BCUT2D eigenvalue weighted by molar-refractivity contribution is 7.13. The van der Waals surface area contributed by atoms with Gasteiger partial charge in [-0.05, 0) is 17.5 Å². The summed E-state index contributed by atoms with van der Waals surface area (Å²) in [6.07, 6.45) is 0. The molecular formula is C17H17N5O3S. The monoisotopic (exact) mass is 371 g/mol. The average molecular weight is 371 g/mol. The summed E-state index contributed by atoms with van der Waals surface area (Å²) < 4.78 is 5.33. The van der Waals surface area contributed by atoms with Crippen molar-refractivity contribution in [1.29, 1.82) is 0 Å². The first-order valence-corrected chi connectivity index (χ1v) is 9.14. The van der Waals surface area contributed by atoms with Crippen molar-refractivity contribution in [2.75, 3.05) is 26.2 Å². The number of nitrogens with zero attached hydrogens (tertiary/aromatic N) is 4. The number of aromatic nitrogens is 3. The van der Waals surface area contributed by atoms with Crippen LogP contribution in [0.1, 0.15) is 16.4 Å². The minimum absolute atomic E-state index is 0.153. The van der Waals surface area contributed by atoms with Gasteiger partial charge in [0.05, 0.1) is 11.4 Å². The van der Waals surface area contributed by atoms with Crippen LogP contribution in [0.5, 0.6) is 0 Å². The summed E-state index contributed by atoms with van der Waals surface area (Å²) in [7, 11) is 0. The molecule has 0 saturated carbocycles. The van der Waals surface area contributed by atoms with Gasteiger partial charge in [0.2, 0.25) is 17.3 Å². The topological polar surface area (TPSA) is 95.3 Å². The van der Waals surface area contributed by atoms with E-state index in [9.17, 15) is 9.59 Å². The third kappa shape index (κ3) is 3.58. The summed E-state index contributed by atoms with van der Waals surface area (Å²) in [6, 6.07) is 8.51. The molecule has 4 rings (SSSR count). The molecule has 0 atom stereocenters. The van der Waals surface area contributed by atoms with Crippen molar-refractivity contribution in [3.05, 3.63) is 57.7 Å². The van der Waals surface area contributed by atoms with Crippen LogP contribution < -0.4 is 5.56 Å². The predicted octanol–water partition coefficient (Wildman–Crippen LogP) is 1.44. The number of carbonyl (C=O) groups is 1. The standard InChI is InChI=1S/C17H17N5O3S/c23-14-5-1-3-12(18-14)17(24)22-8-6-21(7-9-22)11-15-19-16(20-25-15)13-4-2-10-26-13/h1-5,10H,6-9,11H2,(H,18,23). The number of pyridine rings is 1. The van der Waals surface area contributed by atoms with Crippen LogP contribution in [0.4, 0.5) is 0 Å². The van der Waals surface area contributed by atoms with E-state index in [1.54, 1.807) is 28.4 Å². The second kappa shape index (κ2) is 7.22. The van der Waals surface area contributed by atoms with E-state index < -0.39 is 0 Å². The lowest BCUT2D eigenvalue weighted by molar-refractivity contribution is 0.0609. The van der Waals surface area contributed by atoms with Gasteiger partial charge in [-0.25, -0.2) is 0 Å². The highest BCUT2D eigenvalue weighted by Gasteiger charge is 2.24. The Bertz CT molecular complexity index is 941. The minimum Gasteiger partial charge on any atom is -0.338 e. The smallest absolute Gasteiger partial charge is 0.270 e. The van der Waals surface area contributed by atoms with E-state index in [0.717, 1.165) is 4.88 Å². The molecule has 0 unspecified atom stereocenters. The molecule has 3 aromatic heterocycles. The Kier molecular flexibility index (Phi) is 4.63. The average Bonchev–Trinajstić information content (AvgIpc) is 3.33. The molecule has 0 bridgehead atoms. The summed E-state index contributed by atoms with van der Waals surface area (Å²) in [4.78, 5) is 35.7. The maximum atomic E-state index is 12.4. The van der Waals surface area contributed by atoms with Crippen LogP contribution in [0, 0.1) is 0 Å². The number of nitrogens with one attached hydrogen (secondary N) is 1. The van der Waals surface area contributed by atoms with E-state index in [4.69, 9.17) is 4.52 Å². The maximum Gasteiger partial charge on any atom is 0.270 e. The number of rotatable bonds is 4. The van der Waals surface area contributed by atoms with Crippen molar-refractivity contribution in [1.82, 2.24) is 24.9 Å². The van der Waals surface area contributed by atoms with Gasteiger partial charge in [-0.15, -0.1) is 11.3 Å². The van der Waals surface area contributed by atoms with Crippen molar-refractivity contribution in [2.45, 2.75) is 6.54 Å². The summed E-state index contributed by atoms with van der Waals surface area (Å²) in [5, 5.41) is 5.99. The fourth-order valence-electron chi connectivity index (χ4n) is 2.87. The molecule has 3 aromatic rings. The largest absolute Gasteiger partial charge is 0.338 e. The van der Waals surface area contributed by atoms with Gasteiger partial charge in [0.25, 0.3) is 5.91 Å². The highest BCUT2D eigenvalue weighted by atomic mass is 32.1. The molecule has 0 spiro atoms. The third-order valence-electron chi connectivity index (χ3n) is 4.23. The van der Waals surface area contributed by atoms with E-state index >= 15 is 0 Å². The molecule has 9 heteroatoms. The van der Waals surface area contributed by atoms with Gasteiger partial charge >= 0.3 is 0 Å². The molecule has 1 amide bonds. The molecule has 26 heavy (non-hydrogen) atoms. The SMILES string of the molecule is O=C(c1cccc(=O)[nH]1)N1CCN(Cc2nc(-c3cccs3)no2)CC1. The van der Waals surface area contributed by atoms with Crippen LogP contribution in [0.3, 0.4) is 0 Å². The first-order chi connectivity index (χ1) is 12.7. The molecule has 1 aliphatic heterocycles. The van der Waals surface area contributed by atoms with Crippen molar-refractivity contribution >= 4 is 17.2 Å². The number of H-pyrrole nitrogens is 1. The van der Waals surface area contributed by atoms with Gasteiger partial charge in [0, 0.05) is 32.2 Å². The van der Waals surface area contributed by atoms with E-state index in [1.165, 1.54) is 6.07 Å². The molecule has 1 aliphatic rings. The highest BCUT2D eigenvalue weighted by Crippen LogP contribution is 2.21. The van der Waals surface area contributed by atoms with Crippen LogP contribution in [0.25, 0.3) is 10.7 Å². The van der Waals surface area contributed by atoms with Gasteiger partial charge in [-0.3, -0.25) is 14.5 Å². The number of amides is 1. The Balaban J connectivity index is 1.34. The Labute approximate surface area is 153 Å². The second-order valence-electron chi connectivity index (χ2n) is 5.99. The van der Waals surface area contributed by atoms with Crippen molar-refractivity contribution in [2.24, 2.45) is 0 Å². The second-order valence-corrected chi connectivity index (χ2v) is 6.93. The first kappa shape index (κ1) is 16.7. The molecule has 1 N–H and O–H groups in total. The number of hydrogen-bond acceptors (Lipinski definition) is 7. The lowest BCUT2D eigenvalue weighted by Crippen LogP contribution is -2.48. The van der Waals surface area contributed by atoms with E-state index in [1.807, 2.05) is 17.5 Å². The number of piperazine rings is 1. The summed E-state index contributed by atoms with van der Waals surface area (Å²) in [5.74, 6) is 1.03. The quantitative estimate of drug-likeness (QED) is 0.746. The van der Waals surface area contributed by atoms with Gasteiger partial charge in [0.15, 0.2) is 0 Å².